The minimum Gasteiger partial charge on any atom is -0.457 e. The summed E-state index contributed by atoms with van der Waals surface area (Å²) >= 11 is 12.1. The third kappa shape index (κ3) is 3.47. The van der Waals surface area contributed by atoms with E-state index in [2.05, 4.69) is 13.8 Å². The van der Waals surface area contributed by atoms with E-state index in [1.165, 1.54) is 0 Å². The van der Waals surface area contributed by atoms with Gasteiger partial charge in [-0.1, -0.05) is 37.6 Å². The number of hydrogen-bond donors (Lipinski definition) is 0. The molecule has 2 aromatic carbocycles. The first kappa shape index (κ1) is 15.2. The molecule has 2 rings (SSSR count). The van der Waals surface area contributed by atoms with Crippen molar-refractivity contribution in [3.8, 4) is 11.5 Å². The quantitative estimate of drug-likeness (QED) is 0.602. The molecule has 20 heavy (non-hydrogen) atoms. The van der Waals surface area contributed by atoms with Gasteiger partial charge in [0.15, 0.2) is 0 Å². The largest absolute Gasteiger partial charge is 0.457 e. The molecule has 0 saturated carbocycles. The summed E-state index contributed by atoms with van der Waals surface area (Å²) in [5.74, 6) is 2.53. The molecule has 1 nitrogen and oxygen atoms in total. The highest BCUT2D eigenvalue weighted by Gasteiger charge is 2.10. The maximum atomic E-state index is 6.27. The number of benzene rings is 2. The summed E-state index contributed by atoms with van der Waals surface area (Å²) in [4.78, 5) is 0. The second-order valence-electron chi connectivity index (χ2n) is 5.17. The fraction of sp³-hybridized carbons (Fsp3) is 0.294. The third-order valence-electron chi connectivity index (χ3n) is 3.22. The number of alkyl halides is 1. The van der Waals surface area contributed by atoms with Crippen LogP contribution in [0.5, 0.6) is 11.5 Å². The van der Waals surface area contributed by atoms with E-state index < -0.39 is 0 Å². The Balaban J connectivity index is 2.30. The number of aryl methyl sites for hydroxylation is 1. The Morgan fingerprint density at radius 3 is 2.30 bits per heavy atom. The Kier molecular flexibility index (Phi) is 4.95. The van der Waals surface area contributed by atoms with Gasteiger partial charge in [-0.3, -0.25) is 0 Å². The van der Waals surface area contributed by atoms with Gasteiger partial charge < -0.3 is 4.74 Å². The molecule has 0 amide bonds. The maximum absolute atomic E-state index is 6.27. The second kappa shape index (κ2) is 6.51. The fourth-order valence-electron chi connectivity index (χ4n) is 1.99. The lowest BCUT2D eigenvalue weighted by molar-refractivity contribution is 0.477. The van der Waals surface area contributed by atoms with Crippen molar-refractivity contribution in [2.75, 3.05) is 0 Å². The van der Waals surface area contributed by atoms with Crippen LogP contribution in [-0.4, -0.2) is 0 Å². The number of hydrogen-bond acceptors (Lipinski definition) is 1. The summed E-state index contributed by atoms with van der Waals surface area (Å²) in [5.41, 5.74) is 3.21. The summed E-state index contributed by atoms with van der Waals surface area (Å²) in [6.45, 7) is 6.24. The molecule has 0 fully saturated rings. The van der Waals surface area contributed by atoms with E-state index in [1.54, 1.807) is 0 Å². The first-order valence-corrected chi connectivity index (χ1v) is 7.55. The second-order valence-corrected chi connectivity index (χ2v) is 5.85. The van der Waals surface area contributed by atoms with E-state index >= 15 is 0 Å². The number of halogens is 2. The van der Waals surface area contributed by atoms with E-state index in [0.717, 1.165) is 33.2 Å². The molecule has 0 aromatic heterocycles. The predicted molar refractivity (Wildman–Crippen MR) is 86.4 cm³/mol. The zero-order chi connectivity index (χ0) is 14.7. The lowest BCUT2D eigenvalue weighted by atomic mass is 10.0. The van der Waals surface area contributed by atoms with Crippen LogP contribution < -0.4 is 4.74 Å². The molecule has 0 unspecified atom stereocenters. The molecule has 0 aliphatic heterocycles. The first-order chi connectivity index (χ1) is 9.51. The smallest absolute Gasteiger partial charge is 0.130 e. The molecule has 0 aliphatic rings. The summed E-state index contributed by atoms with van der Waals surface area (Å²) in [6.07, 6.45) is 0. The van der Waals surface area contributed by atoms with Crippen molar-refractivity contribution in [2.24, 2.45) is 0 Å². The summed E-state index contributed by atoms with van der Waals surface area (Å²) in [5, 5.41) is 0.794. The van der Waals surface area contributed by atoms with Gasteiger partial charge in [0.25, 0.3) is 0 Å². The summed E-state index contributed by atoms with van der Waals surface area (Å²) in [6, 6.07) is 11.8. The molecular weight excluding hydrogens is 291 g/mol. The van der Waals surface area contributed by atoms with Crippen LogP contribution in [-0.2, 0) is 5.88 Å². The Morgan fingerprint density at radius 2 is 1.75 bits per heavy atom. The van der Waals surface area contributed by atoms with E-state index in [9.17, 15) is 0 Å². The molecule has 0 atom stereocenters. The van der Waals surface area contributed by atoms with Crippen molar-refractivity contribution < 1.29 is 4.74 Å². The zero-order valence-corrected chi connectivity index (χ0v) is 13.4. The molecule has 2 aromatic rings. The van der Waals surface area contributed by atoms with Gasteiger partial charge in [-0.2, -0.15) is 0 Å². The van der Waals surface area contributed by atoms with Crippen LogP contribution in [0.25, 0.3) is 0 Å². The monoisotopic (exact) mass is 308 g/mol. The number of ether oxygens (including phenoxy) is 1. The average Bonchev–Trinajstić information content (AvgIpc) is 2.42. The van der Waals surface area contributed by atoms with E-state index in [0.29, 0.717) is 11.8 Å². The third-order valence-corrected chi connectivity index (χ3v) is 3.86. The normalized spacial score (nSPS) is 10.9. The van der Waals surface area contributed by atoms with Gasteiger partial charge in [-0.15, -0.1) is 11.6 Å². The van der Waals surface area contributed by atoms with E-state index in [-0.39, 0.29) is 0 Å². The first-order valence-electron chi connectivity index (χ1n) is 6.64. The maximum Gasteiger partial charge on any atom is 0.130 e. The molecule has 0 saturated heterocycles. The highest BCUT2D eigenvalue weighted by Crippen LogP contribution is 2.33. The fourth-order valence-corrected chi connectivity index (χ4v) is 2.61. The molecule has 0 bridgehead atoms. The highest BCUT2D eigenvalue weighted by molar-refractivity contribution is 6.31. The molecule has 0 heterocycles. The van der Waals surface area contributed by atoms with Crippen LogP contribution >= 0.6 is 23.2 Å². The molecular formula is C17H18Cl2O. The lowest BCUT2D eigenvalue weighted by Crippen LogP contribution is -1.94. The zero-order valence-electron chi connectivity index (χ0n) is 11.9. The van der Waals surface area contributed by atoms with Gasteiger partial charge >= 0.3 is 0 Å². The topological polar surface area (TPSA) is 9.23 Å². The summed E-state index contributed by atoms with van der Waals surface area (Å²) in [7, 11) is 0. The number of rotatable bonds is 4. The van der Waals surface area contributed by atoms with Gasteiger partial charge in [0.2, 0.25) is 0 Å². The van der Waals surface area contributed by atoms with Gasteiger partial charge in [0.1, 0.15) is 11.5 Å². The predicted octanol–water partition coefficient (Wildman–Crippen LogP) is 6.30. The van der Waals surface area contributed by atoms with Crippen molar-refractivity contribution in [3.63, 3.8) is 0 Å². The molecule has 106 valence electrons. The standard InChI is InChI=1S/C17H18Cl2O/c1-11(2)15-9-17(12(3)8-16(15)19)20-14-6-4-13(10-18)5-7-14/h4-9,11H,10H2,1-3H3. The van der Waals surface area contributed by atoms with Gasteiger partial charge in [0.05, 0.1) is 0 Å². The Hall–Kier alpha value is -1.18. The Labute approximate surface area is 130 Å². The highest BCUT2D eigenvalue weighted by atomic mass is 35.5. The van der Waals surface area contributed by atoms with E-state index in [1.807, 2.05) is 43.3 Å². The summed E-state index contributed by atoms with van der Waals surface area (Å²) < 4.78 is 5.95. The van der Waals surface area contributed by atoms with Crippen molar-refractivity contribution in [1.82, 2.24) is 0 Å². The van der Waals surface area contributed by atoms with Gasteiger partial charge in [0, 0.05) is 10.9 Å². The van der Waals surface area contributed by atoms with Crippen molar-refractivity contribution in [2.45, 2.75) is 32.6 Å². The molecule has 0 radical (unpaired) electrons. The SMILES string of the molecule is Cc1cc(Cl)c(C(C)C)cc1Oc1ccc(CCl)cc1. The molecule has 0 spiro atoms. The molecule has 3 heteroatoms. The molecule has 0 aliphatic carbocycles. The minimum atomic E-state index is 0.365. The molecule has 0 N–H and O–H groups in total. The Bertz CT molecular complexity index is 589. The lowest BCUT2D eigenvalue weighted by Gasteiger charge is -2.14. The van der Waals surface area contributed by atoms with Gasteiger partial charge in [-0.25, -0.2) is 0 Å². The minimum absolute atomic E-state index is 0.365. The van der Waals surface area contributed by atoms with Crippen LogP contribution in [0.1, 0.15) is 36.5 Å². The van der Waals surface area contributed by atoms with Crippen LogP contribution in [0.2, 0.25) is 5.02 Å². The van der Waals surface area contributed by atoms with Crippen molar-refractivity contribution in [1.29, 1.82) is 0 Å². The van der Waals surface area contributed by atoms with Gasteiger partial charge in [-0.05, 0) is 53.8 Å². The van der Waals surface area contributed by atoms with Crippen LogP contribution in [0.3, 0.4) is 0 Å². The Morgan fingerprint density at radius 1 is 1.10 bits per heavy atom. The van der Waals surface area contributed by atoms with Crippen molar-refractivity contribution >= 4 is 23.2 Å². The van der Waals surface area contributed by atoms with Crippen LogP contribution in [0.4, 0.5) is 0 Å². The average molecular weight is 309 g/mol. The van der Waals surface area contributed by atoms with Crippen LogP contribution in [0.15, 0.2) is 36.4 Å². The van der Waals surface area contributed by atoms with Crippen molar-refractivity contribution in [3.05, 3.63) is 58.1 Å². The van der Waals surface area contributed by atoms with Crippen LogP contribution in [0, 0.1) is 6.92 Å². The van der Waals surface area contributed by atoms with E-state index in [4.69, 9.17) is 27.9 Å².